The van der Waals surface area contributed by atoms with E-state index in [1.54, 1.807) is 17.2 Å². The molecular formula is C30H23BrN2O4. The van der Waals surface area contributed by atoms with Crippen LogP contribution in [0.3, 0.4) is 0 Å². The third kappa shape index (κ3) is 4.41. The Morgan fingerprint density at radius 1 is 0.730 bits per heavy atom. The Hall–Kier alpha value is -3.94. The summed E-state index contributed by atoms with van der Waals surface area (Å²) in [5, 5.41) is 1.70. The molecule has 2 aliphatic heterocycles. The molecule has 0 N–H and O–H groups in total. The maximum atomic E-state index is 13.7. The number of hydroxylamine groups is 1. The number of benzene rings is 4. The van der Waals surface area contributed by atoms with Crippen molar-refractivity contribution < 1.29 is 19.2 Å². The van der Waals surface area contributed by atoms with Crippen molar-refractivity contribution in [3.63, 3.8) is 0 Å². The first-order valence-electron chi connectivity index (χ1n) is 12.0. The third-order valence-corrected chi connectivity index (χ3v) is 7.21. The molecular weight excluding hydrogens is 532 g/mol. The van der Waals surface area contributed by atoms with Gasteiger partial charge in [-0.1, -0.05) is 76.6 Å². The number of fused-ring (bicyclic) bond motifs is 1. The molecule has 2 fully saturated rings. The number of carbonyl (C=O) groups excluding carboxylic acids is 2. The van der Waals surface area contributed by atoms with Crippen molar-refractivity contribution in [1.29, 1.82) is 0 Å². The zero-order valence-electron chi connectivity index (χ0n) is 19.7. The van der Waals surface area contributed by atoms with Crippen LogP contribution in [0.25, 0.3) is 0 Å². The van der Waals surface area contributed by atoms with E-state index >= 15 is 0 Å². The molecule has 3 atom stereocenters. The number of imide groups is 1. The van der Waals surface area contributed by atoms with Crippen molar-refractivity contribution >= 4 is 39.1 Å². The lowest BCUT2D eigenvalue weighted by Crippen LogP contribution is -2.37. The average molecular weight is 555 g/mol. The third-order valence-electron chi connectivity index (χ3n) is 6.68. The van der Waals surface area contributed by atoms with E-state index in [-0.39, 0.29) is 11.8 Å². The average Bonchev–Trinajstić information content (AvgIpc) is 3.45. The second-order valence-corrected chi connectivity index (χ2v) is 9.91. The zero-order valence-corrected chi connectivity index (χ0v) is 21.3. The molecule has 2 heterocycles. The Kier molecular flexibility index (Phi) is 6.24. The number of anilines is 2. The van der Waals surface area contributed by atoms with Crippen molar-refractivity contribution in [2.24, 2.45) is 5.92 Å². The smallest absolute Gasteiger partial charge is 0.266 e. The van der Waals surface area contributed by atoms with Gasteiger partial charge in [0.25, 0.3) is 5.91 Å². The Labute approximate surface area is 223 Å². The van der Waals surface area contributed by atoms with Gasteiger partial charge in [0.1, 0.15) is 18.3 Å². The van der Waals surface area contributed by atoms with Gasteiger partial charge in [-0.3, -0.25) is 14.4 Å². The lowest BCUT2D eigenvalue weighted by Gasteiger charge is -2.28. The van der Waals surface area contributed by atoms with Gasteiger partial charge in [0.15, 0.2) is 6.10 Å². The molecule has 2 aliphatic rings. The van der Waals surface area contributed by atoms with E-state index in [9.17, 15) is 9.59 Å². The molecule has 0 aliphatic carbocycles. The first kappa shape index (κ1) is 23.5. The number of nitrogens with zero attached hydrogens (tertiary/aromatic N) is 2. The highest BCUT2D eigenvalue weighted by molar-refractivity contribution is 9.10. The van der Waals surface area contributed by atoms with Gasteiger partial charge in [-0.05, 0) is 59.7 Å². The predicted octanol–water partition coefficient (Wildman–Crippen LogP) is 6.08. The molecule has 184 valence electrons. The van der Waals surface area contributed by atoms with Crippen molar-refractivity contribution in [3.8, 4) is 5.75 Å². The fourth-order valence-corrected chi connectivity index (χ4v) is 5.16. The summed E-state index contributed by atoms with van der Waals surface area (Å²) in [6.45, 7) is 0.461. The van der Waals surface area contributed by atoms with Gasteiger partial charge in [0.2, 0.25) is 5.91 Å². The van der Waals surface area contributed by atoms with Gasteiger partial charge in [0.05, 0.1) is 17.4 Å². The number of amides is 2. The van der Waals surface area contributed by atoms with Crippen LogP contribution < -0.4 is 14.7 Å². The first-order chi connectivity index (χ1) is 18.1. The highest BCUT2D eigenvalue weighted by Crippen LogP contribution is 2.47. The van der Waals surface area contributed by atoms with E-state index in [1.165, 1.54) is 4.90 Å². The van der Waals surface area contributed by atoms with E-state index in [4.69, 9.17) is 9.57 Å². The molecule has 0 saturated carbocycles. The molecule has 4 aromatic carbocycles. The van der Waals surface area contributed by atoms with Gasteiger partial charge in [0, 0.05) is 4.47 Å². The molecule has 37 heavy (non-hydrogen) atoms. The Bertz CT molecular complexity index is 1410. The van der Waals surface area contributed by atoms with Crippen molar-refractivity contribution in [3.05, 3.63) is 125 Å². The predicted molar refractivity (Wildman–Crippen MR) is 144 cm³/mol. The summed E-state index contributed by atoms with van der Waals surface area (Å²) in [5.41, 5.74) is 3.26. The summed E-state index contributed by atoms with van der Waals surface area (Å²) < 4.78 is 6.82. The molecule has 6 rings (SSSR count). The summed E-state index contributed by atoms with van der Waals surface area (Å²) in [6, 6.07) is 33.8. The maximum absolute atomic E-state index is 13.7. The number of hydrogen-bond donors (Lipinski definition) is 0. The van der Waals surface area contributed by atoms with Crippen LogP contribution in [-0.2, 0) is 21.0 Å². The van der Waals surface area contributed by atoms with Crippen LogP contribution in [-0.4, -0.2) is 17.9 Å². The highest BCUT2D eigenvalue weighted by Gasteiger charge is 2.60. The Morgan fingerprint density at radius 3 is 2.05 bits per heavy atom. The van der Waals surface area contributed by atoms with Crippen molar-refractivity contribution in [2.45, 2.75) is 18.8 Å². The van der Waals surface area contributed by atoms with Gasteiger partial charge < -0.3 is 4.74 Å². The molecule has 0 bridgehead atoms. The fourth-order valence-electron chi connectivity index (χ4n) is 4.90. The fraction of sp³-hybridized carbons (Fsp3) is 0.133. The molecule has 2 saturated heterocycles. The van der Waals surface area contributed by atoms with Crippen LogP contribution in [0.1, 0.15) is 17.2 Å². The summed E-state index contributed by atoms with van der Waals surface area (Å²) >= 11 is 3.41. The van der Waals surface area contributed by atoms with E-state index in [0.29, 0.717) is 12.3 Å². The summed E-state index contributed by atoms with van der Waals surface area (Å²) in [7, 11) is 0. The van der Waals surface area contributed by atoms with E-state index < -0.39 is 18.1 Å². The largest absolute Gasteiger partial charge is 0.489 e. The van der Waals surface area contributed by atoms with Gasteiger partial charge >= 0.3 is 0 Å². The number of halogens is 1. The second kappa shape index (κ2) is 9.84. The topological polar surface area (TPSA) is 59.1 Å². The minimum atomic E-state index is -0.907. The maximum Gasteiger partial charge on any atom is 0.266 e. The minimum absolute atomic E-state index is 0.273. The quantitative estimate of drug-likeness (QED) is 0.270. The summed E-state index contributed by atoms with van der Waals surface area (Å²) in [6.07, 6.45) is -0.907. The van der Waals surface area contributed by atoms with E-state index in [1.807, 2.05) is 97.1 Å². The molecule has 0 unspecified atom stereocenters. The number of carbonyl (C=O) groups is 2. The molecule has 7 heteroatoms. The number of ether oxygens (including phenoxy) is 1. The molecule has 2 amide bonds. The Morgan fingerprint density at radius 2 is 1.38 bits per heavy atom. The zero-order chi connectivity index (χ0) is 25.4. The van der Waals surface area contributed by atoms with Crippen LogP contribution in [0.15, 0.2) is 114 Å². The van der Waals surface area contributed by atoms with Gasteiger partial charge in [-0.2, -0.15) is 0 Å². The molecule has 0 spiro atoms. The molecule has 6 nitrogen and oxygen atoms in total. The van der Waals surface area contributed by atoms with Crippen LogP contribution >= 0.6 is 15.9 Å². The highest BCUT2D eigenvalue weighted by atomic mass is 79.9. The number of hydrogen-bond acceptors (Lipinski definition) is 5. The van der Waals surface area contributed by atoms with Gasteiger partial charge in [-0.25, -0.2) is 9.96 Å². The summed E-state index contributed by atoms with van der Waals surface area (Å²) in [4.78, 5) is 34.6. The molecule has 4 aromatic rings. The first-order valence-corrected chi connectivity index (χ1v) is 12.8. The van der Waals surface area contributed by atoms with E-state index in [2.05, 4.69) is 15.9 Å². The van der Waals surface area contributed by atoms with Crippen LogP contribution in [0, 0.1) is 5.92 Å². The van der Waals surface area contributed by atoms with Crippen molar-refractivity contribution in [1.82, 2.24) is 0 Å². The van der Waals surface area contributed by atoms with Crippen LogP contribution in [0.4, 0.5) is 11.4 Å². The van der Waals surface area contributed by atoms with E-state index in [0.717, 1.165) is 27.0 Å². The van der Waals surface area contributed by atoms with Crippen LogP contribution in [0.5, 0.6) is 5.75 Å². The number of para-hydroxylation sites is 1. The van der Waals surface area contributed by atoms with Crippen LogP contribution in [0.2, 0.25) is 0 Å². The van der Waals surface area contributed by atoms with Gasteiger partial charge in [-0.15, -0.1) is 0 Å². The summed E-state index contributed by atoms with van der Waals surface area (Å²) in [5.74, 6) is -0.596. The lowest BCUT2D eigenvalue weighted by molar-refractivity contribution is -0.126. The normalized spacial score (nSPS) is 20.8. The van der Waals surface area contributed by atoms with Crippen molar-refractivity contribution in [2.75, 3.05) is 9.96 Å². The SMILES string of the molecule is O=C1[C@H]2[C@@H](c3ccc(OCc4ccccc4)cc3)N(c3ccccc3)O[C@H]2C(=O)N1c1ccc(Br)cc1. The minimum Gasteiger partial charge on any atom is -0.489 e. The molecule has 0 aromatic heterocycles. The molecule has 0 radical (unpaired) electrons. The Balaban J connectivity index is 1.31. The number of rotatable bonds is 6. The lowest BCUT2D eigenvalue weighted by atomic mass is 9.90. The standard InChI is InChI=1S/C30H23BrN2O4/c31-22-13-15-23(16-14-22)32-29(34)26-27(33(37-28(26)30(32)35)24-9-5-2-6-10-24)21-11-17-25(18-12-21)36-19-20-7-3-1-4-8-20/h1-18,26-28H,19H2/t26-,27+,28+/m0/s1. The second-order valence-electron chi connectivity index (χ2n) is 8.99. The monoisotopic (exact) mass is 554 g/mol.